The lowest BCUT2D eigenvalue weighted by atomic mass is 10.2. The predicted octanol–water partition coefficient (Wildman–Crippen LogP) is 3.34. The van der Waals surface area contributed by atoms with E-state index < -0.39 is 0 Å². The van der Waals surface area contributed by atoms with Crippen LogP contribution < -0.4 is 11.1 Å². The topological polar surface area (TPSA) is 55.1 Å². The van der Waals surface area contributed by atoms with Gasteiger partial charge in [0.15, 0.2) is 0 Å². The van der Waals surface area contributed by atoms with E-state index in [0.717, 1.165) is 4.88 Å². The van der Waals surface area contributed by atoms with Crippen molar-refractivity contribution < 1.29 is 9.18 Å². The van der Waals surface area contributed by atoms with Crippen LogP contribution in [0.1, 0.15) is 20.1 Å². The van der Waals surface area contributed by atoms with E-state index in [2.05, 4.69) is 5.32 Å². The first-order chi connectivity index (χ1) is 8.47. The average molecular weight is 264 g/mol. The number of carbonyl (C=O) groups is 1. The summed E-state index contributed by atoms with van der Waals surface area (Å²) in [6.07, 6.45) is 0. The molecule has 0 aliphatic heterocycles. The van der Waals surface area contributed by atoms with Crippen molar-refractivity contribution in [1.82, 2.24) is 0 Å². The quantitative estimate of drug-likeness (QED) is 0.874. The smallest absolute Gasteiger partial charge is 0.265 e. The summed E-state index contributed by atoms with van der Waals surface area (Å²) >= 11 is 1.34. The van der Waals surface area contributed by atoms with Crippen LogP contribution in [0.2, 0.25) is 0 Å². The van der Waals surface area contributed by atoms with E-state index in [1.807, 2.05) is 6.92 Å². The summed E-state index contributed by atoms with van der Waals surface area (Å²) in [4.78, 5) is 13.4. The maximum atomic E-state index is 13.1. The third-order valence-electron chi connectivity index (χ3n) is 2.60. The molecule has 5 heteroatoms. The van der Waals surface area contributed by atoms with Crippen LogP contribution in [-0.4, -0.2) is 5.91 Å². The number of carbonyl (C=O) groups excluding carboxylic acids is 1. The molecule has 0 bridgehead atoms. The zero-order valence-electron chi connectivity index (χ0n) is 10.1. The van der Waals surface area contributed by atoms with Gasteiger partial charge >= 0.3 is 0 Å². The van der Waals surface area contributed by atoms with Crippen LogP contribution in [0.15, 0.2) is 24.3 Å². The Bertz CT molecular complexity index is 588. The van der Waals surface area contributed by atoms with Crippen LogP contribution in [0, 0.1) is 19.7 Å². The third kappa shape index (κ3) is 2.51. The Morgan fingerprint density at radius 1 is 1.33 bits per heavy atom. The van der Waals surface area contributed by atoms with Gasteiger partial charge in [-0.25, -0.2) is 4.39 Å². The van der Waals surface area contributed by atoms with Crippen molar-refractivity contribution in [2.24, 2.45) is 0 Å². The minimum Gasteiger partial charge on any atom is -0.398 e. The van der Waals surface area contributed by atoms with Gasteiger partial charge in [-0.2, -0.15) is 0 Å². The van der Waals surface area contributed by atoms with Crippen LogP contribution in [0.3, 0.4) is 0 Å². The summed E-state index contributed by atoms with van der Waals surface area (Å²) in [5.74, 6) is -0.519. The number of hydrogen-bond donors (Lipinski definition) is 2. The molecule has 1 aromatic carbocycles. The first-order valence-electron chi connectivity index (χ1n) is 5.41. The van der Waals surface area contributed by atoms with E-state index in [9.17, 15) is 9.18 Å². The van der Waals surface area contributed by atoms with Gasteiger partial charge in [-0.05, 0) is 43.7 Å². The molecule has 0 unspecified atom stereocenters. The molecule has 0 spiro atoms. The molecule has 0 saturated heterocycles. The SMILES string of the molecule is Cc1cc(NC(=O)c2cc(N)c(C)s2)ccc1F. The summed E-state index contributed by atoms with van der Waals surface area (Å²) in [5.41, 5.74) is 7.38. The first-order valence-corrected chi connectivity index (χ1v) is 6.22. The second-order valence-electron chi connectivity index (χ2n) is 4.04. The van der Waals surface area contributed by atoms with Crippen molar-refractivity contribution in [3.63, 3.8) is 0 Å². The molecule has 2 rings (SSSR count). The van der Waals surface area contributed by atoms with Crippen LogP contribution in [-0.2, 0) is 0 Å². The number of hydrogen-bond acceptors (Lipinski definition) is 3. The van der Waals surface area contributed by atoms with Gasteiger partial charge in [0.25, 0.3) is 5.91 Å². The molecule has 0 aliphatic rings. The average Bonchev–Trinajstić information content (AvgIpc) is 2.65. The van der Waals surface area contributed by atoms with Gasteiger partial charge in [-0.15, -0.1) is 11.3 Å². The monoisotopic (exact) mass is 264 g/mol. The van der Waals surface area contributed by atoms with Gasteiger partial charge in [0, 0.05) is 16.3 Å². The largest absolute Gasteiger partial charge is 0.398 e. The second-order valence-corrected chi connectivity index (χ2v) is 5.30. The van der Waals surface area contributed by atoms with Crippen LogP contribution in [0.25, 0.3) is 0 Å². The summed E-state index contributed by atoms with van der Waals surface area (Å²) in [6, 6.07) is 6.10. The van der Waals surface area contributed by atoms with Crippen LogP contribution >= 0.6 is 11.3 Å². The molecule has 0 atom stereocenters. The van der Waals surface area contributed by atoms with Crippen LogP contribution in [0.5, 0.6) is 0 Å². The van der Waals surface area contributed by atoms with Crippen molar-refractivity contribution in [2.75, 3.05) is 11.1 Å². The Hall–Kier alpha value is -1.88. The highest BCUT2D eigenvalue weighted by Crippen LogP contribution is 2.24. The van der Waals surface area contributed by atoms with E-state index in [1.165, 1.54) is 23.5 Å². The summed E-state index contributed by atoms with van der Waals surface area (Å²) in [6.45, 7) is 3.51. The minimum atomic E-state index is -0.288. The Balaban J connectivity index is 2.18. The van der Waals surface area contributed by atoms with E-state index in [4.69, 9.17) is 5.73 Å². The van der Waals surface area contributed by atoms with E-state index in [-0.39, 0.29) is 11.7 Å². The molecular formula is C13H13FN2OS. The molecule has 1 heterocycles. The van der Waals surface area contributed by atoms with Crippen molar-refractivity contribution in [3.8, 4) is 0 Å². The zero-order chi connectivity index (χ0) is 13.3. The standard InChI is InChI=1S/C13H13FN2OS/c1-7-5-9(3-4-10(7)14)16-13(17)12-6-11(15)8(2)18-12/h3-6H,15H2,1-2H3,(H,16,17). The Morgan fingerprint density at radius 2 is 2.06 bits per heavy atom. The normalized spacial score (nSPS) is 10.4. The molecule has 0 radical (unpaired) electrons. The zero-order valence-corrected chi connectivity index (χ0v) is 10.9. The Labute approximate surface area is 108 Å². The number of rotatable bonds is 2. The molecule has 94 valence electrons. The summed E-state index contributed by atoms with van der Waals surface area (Å²) in [7, 11) is 0. The lowest BCUT2D eigenvalue weighted by molar-refractivity contribution is 0.103. The van der Waals surface area contributed by atoms with Crippen molar-refractivity contribution >= 4 is 28.6 Å². The van der Waals surface area contributed by atoms with E-state index in [0.29, 0.717) is 21.8 Å². The van der Waals surface area contributed by atoms with Gasteiger partial charge in [0.2, 0.25) is 0 Å². The third-order valence-corrected chi connectivity index (χ3v) is 3.66. The van der Waals surface area contributed by atoms with E-state index in [1.54, 1.807) is 19.1 Å². The van der Waals surface area contributed by atoms with E-state index >= 15 is 0 Å². The number of nitrogen functional groups attached to an aromatic ring is 1. The molecule has 3 N–H and O–H groups in total. The van der Waals surface area contributed by atoms with Crippen molar-refractivity contribution in [1.29, 1.82) is 0 Å². The molecule has 2 aromatic rings. The van der Waals surface area contributed by atoms with Crippen molar-refractivity contribution in [2.45, 2.75) is 13.8 Å². The number of thiophene rings is 1. The Morgan fingerprint density at radius 3 is 2.61 bits per heavy atom. The minimum absolute atomic E-state index is 0.231. The molecule has 1 aromatic heterocycles. The molecular weight excluding hydrogens is 251 g/mol. The van der Waals surface area contributed by atoms with Gasteiger partial charge < -0.3 is 11.1 Å². The lowest BCUT2D eigenvalue weighted by Crippen LogP contribution is -2.10. The summed E-state index contributed by atoms with van der Waals surface area (Å²) in [5, 5.41) is 2.72. The number of benzene rings is 1. The highest BCUT2D eigenvalue weighted by molar-refractivity contribution is 7.14. The highest BCUT2D eigenvalue weighted by atomic mass is 32.1. The number of nitrogens with one attached hydrogen (secondary N) is 1. The molecule has 0 saturated carbocycles. The number of halogens is 1. The molecule has 0 aliphatic carbocycles. The molecule has 1 amide bonds. The molecule has 18 heavy (non-hydrogen) atoms. The molecule has 0 fully saturated rings. The lowest BCUT2D eigenvalue weighted by Gasteiger charge is -2.05. The number of aryl methyl sites for hydroxylation is 2. The van der Waals surface area contributed by atoms with Crippen LogP contribution in [0.4, 0.5) is 15.8 Å². The number of anilines is 2. The predicted molar refractivity (Wildman–Crippen MR) is 72.6 cm³/mol. The second kappa shape index (κ2) is 4.78. The fourth-order valence-electron chi connectivity index (χ4n) is 1.52. The maximum Gasteiger partial charge on any atom is 0.265 e. The van der Waals surface area contributed by atoms with Crippen molar-refractivity contribution in [3.05, 3.63) is 45.4 Å². The maximum absolute atomic E-state index is 13.1. The first kappa shape index (κ1) is 12.6. The summed E-state index contributed by atoms with van der Waals surface area (Å²) < 4.78 is 13.1. The fourth-order valence-corrected chi connectivity index (χ4v) is 2.36. The number of amides is 1. The number of nitrogens with two attached hydrogens (primary N) is 1. The fraction of sp³-hybridized carbons (Fsp3) is 0.154. The Kier molecular flexibility index (Phi) is 3.34. The van der Waals surface area contributed by atoms with Gasteiger partial charge in [0.1, 0.15) is 5.82 Å². The van der Waals surface area contributed by atoms with Gasteiger partial charge in [0.05, 0.1) is 4.88 Å². The highest BCUT2D eigenvalue weighted by Gasteiger charge is 2.11. The van der Waals surface area contributed by atoms with Gasteiger partial charge in [-0.1, -0.05) is 0 Å². The van der Waals surface area contributed by atoms with Gasteiger partial charge in [-0.3, -0.25) is 4.79 Å². The molecule has 3 nitrogen and oxygen atoms in total.